The number of hydrogen-bond acceptors (Lipinski definition) is 0. The van der Waals surface area contributed by atoms with Gasteiger partial charge in [-0.1, -0.05) is 75.9 Å². The molecule has 0 aliphatic heterocycles. The second kappa shape index (κ2) is 13.4. The van der Waals surface area contributed by atoms with Crippen molar-refractivity contribution in [3.05, 3.63) is 155 Å². The number of aryl methyl sites for hydroxylation is 2. The van der Waals surface area contributed by atoms with E-state index in [0.29, 0.717) is 0 Å². The third-order valence-electron chi connectivity index (χ3n) is 7.69. The van der Waals surface area contributed by atoms with E-state index in [2.05, 4.69) is 146 Å². The van der Waals surface area contributed by atoms with Crippen LogP contribution in [0.25, 0.3) is 21.5 Å². The Hall–Kier alpha value is -3.16. The first-order valence-electron chi connectivity index (χ1n) is 14.9. The number of hydrogen-bond donors (Lipinski definition) is 0. The smallest absolute Gasteiger partial charge is 0.172 e. The minimum atomic E-state index is 0.180. The van der Waals surface area contributed by atoms with Gasteiger partial charge in [0.2, 0.25) is 0 Å². The summed E-state index contributed by atoms with van der Waals surface area (Å²) in [5, 5.41) is 5.55. The van der Waals surface area contributed by atoms with Crippen LogP contribution in [0.2, 0.25) is 0 Å². The fraction of sp³-hybridized carbons (Fsp3) is 0.244. The van der Waals surface area contributed by atoms with Crippen LogP contribution in [0.5, 0.6) is 0 Å². The van der Waals surface area contributed by atoms with Gasteiger partial charge >= 0.3 is 98.9 Å². The van der Waals surface area contributed by atoms with Gasteiger partial charge in [-0.05, 0) is 24.7 Å². The van der Waals surface area contributed by atoms with Crippen molar-refractivity contribution in [2.75, 3.05) is 0 Å². The Morgan fingerprint density at radius 2 is 0.929 bits per heavy atom. The van der Waals surface area contributed by atoms with Crippen LogP contribution in [-0.4, -0.2) is 3.26 Å². The van der Waals surface area contributed by atoms with Crippen LogP contribution in [0.1, 0.15) is 74.9 Å². The second-order valence-corrected chi connectivity index (χ2v) is 15.0. The maximum atomic E-state index is 2.43. The van der Waals surface area contributed by atoms with Crippen LogP contribution >= 0.6 is 0 Å². The van der Waals surface area contributed by atoms with Gasteiger partial charge in [0.15, 0.2) is 0 Å². The molecule has 0 saturated carbocycles. The Kier molecular flexibility index (Phi) is 10.2. The molecule has 42 heavy (non-hydrogen) atoms. The zero-order chi connectivity index (χ0) is 30.5. The molecule has 0 bridgehead atoms. The Labute approximate surface area is 268 Å². The molecular formula is C41H44Hf. The van der Waals surface area contributed by atoms with Gasteiger partial charge in [0.05, 0.1) is 0 Å². The third-order valence-corrected chi connectivity index (χ3v) is 9.76. The molecule has 0 amide bonds. The molecule has 0 heterocycles. The third kappa shape index (κ3) is 7.81. The van der Waals surface area contributed by atoms with Gasteiger partial charge in [0.25, 0.3) is 0 Å². The molecule has 0 N–H and O–H groups in total. The van der Waals surface area contributed by atoms with Crippen molar-refractivity contribution in [1.29, 1.82) is 0 Å². The molecule has 6 aromatic carbocycles. The summed E-state index contributed by atoms with van der Waals surface area (Å²) < 4.78 is 1.46. The van der Waals surface area contributed by atoms with Crippen molar-refractivity contribution in [2.24, 2.45) is 0 Å². The minimum absolute atomic E-state index is 0.180. The summed E-state index contributed by atoms with van der Waals surface area (Å²) >= 11 is 1.08. The molecular weight excluding hydrogens is 671 g/mol. The van der Waals surface area contributed by atoms with E-state index in [-0.39, 0.29) is 10.8 Å². The van der Waals surface area contributed by atoms with E-state index in [0.717, 1.165) is 23.9 Å². The zero-order valence-corrected chi connectivity index (χ0v) is 30.1. The van der Waals surface area contributed by atoms with Gasteiger partial charge in [-0.15, -0.1) is 39.7 Å². The van der Waals surface area contributed by atoms with Gasteiger partial charge in [-0.2, -0.15) is 18.2 Å². The second-order valence-electron chi connectivity index (χ2n) is 13.2. The Morgan fingerprint density at radius 1 is 0.548 bits per heavy atom. The molecule has 6 rings (SSSR count). The Balaban J connectivity index is 0.000000179. The van der Waals surface area contributed by atoms with Crippen molar-refractivity contribution < 1.29 is 23.9 Å². The Bertz CT molecular complexity index is 1600. The number of benzene rings is 4. The first kappa shape index (κ1) is 31.8. The summed E-state index contributed by atoms with van der Waals surface area (Å²) in [5.74, 6) is 0. The van der Waals surface area contributed by atoms with Gasteiger partial charge in [0, 0.05) is 0 Å². The molecule has 0 aliphatic rings. The molecule has 0 nitrogen and oxygen atoms in total. The van der Waals surface area contributed by atoms with Crippen molar-refractivity contribution in [1.82, 2.24) is 0 Å². The van der Waals surface area contributed by atoms with E-state index in [1.165, 1.54) is 58.2 Å². The van der Waals surface area contributed by atoms with Gasteiger partial charge < -0.3 is 0 Å². The number of rotatable bonds is 2. The normalized spacial score (nSPS) is 11.5. The van der Waals surface area contributed by atoms with E-state index in [4.69, 9.17) is 0 Å². The van der Waals surface area contributed by atoms with Crippen LogP contribution < -0.4 is 0 Å². The molecule has 0 radical (unpaired) electrons. The van der Waals surface area contributed by atoms with Gasteiger partial charge in [0.1, 0.15) is 0 Å². The SMILES string of the molecule is Cc1cc2[cH-]c3cc(C)c(C(C)(C)C)cc3c2cc1C(C)(C)C.[Hf+2]=[C](c1ccccc1)c1ccccc1.c1cc[cH-]c1. The molecule has 0 unspecified atom stereocenters. The summed E-state index contributed by atoms with van der Waals surface area (Å²) in [7, 11) is 0. The van der Waals surface area contributed by atoms with E-state index in [1.807, 2.05) is 30.3 Å². The van der Waals surface area contributed by atoms with E-state index in [1.54, 1.807) is 0 Å². The monoisotopic (exact) mass is 716 g/mol. The van der Waals surface area contributed by atoms with Crippen LogP contribution in [0.4, 0.5) is 0 Å². The fourth-order valence-electron chi connectivity index (χ4n) is 5.65. The topological polar surface area (TPSA) is 0 Å². The Morgan fingerprint density at radius 3 is 1.24 bits per heavy atom. The summed E-state index contributed by atoms with van der Waals surface area (Å²) in [6.45, 7) is 18.3. The van der Waals surface area contributed by atoms with Gasteiger partial charge in [-0.25, -0.2) is 12.1 Å². The van der Waals surface area contributed by atoms with Crippen LogP contribution in [0.3, 0.4) is 0 Å². The molecule has 212 valence electrons. The zero-order valence-electron chi connectivity index (χ0n) is 26.5. The quantitative estimate of drug-likeness (QED) is 0.124. The first-order chi connectivity index (χ1) is 19.9. The molecule has 0 saturated heterocycles. The van der Waals surface area contributed by atoms with Crippen LogP contribution in [0.15, 0.2) is 121 Å². The largest absolute Gasteiger partial charge is 0.214 e. The minimum Gasteiger partial charge on any atom is -0.214 e. The summed E-state index contributed by atoms with van der Waals surface area (Å²) in [5.41, 5.74) is 8.77. The average Bonchev–Trinajstić information content (AvgIpc) is 3.63. The summed E-state index contributed by atoms with van der Waals surface area (Å²) in [6, 6.07) is 43.1. The van der Waals surface area contributed by atoms with E-state index in [9.17, 15) is 0 Å². The number of fused-ring (bicyclic) bond motifs is 3. The van der Waals surface area contributed by atoms with E-state index >= 15 is 0 Å². The van der Waals surface area contributed by atoms with Crippen LogP contribution in [-0.2, 0) is 34.7 Å². The fourth-order valence-corrected chi connectivity index (χ4v) is 6.84. The molecule has 1 heteroatoms. The standard InChI is InChI=1S/C23H29.C13H10.C5H5.Hf/c1-14-9-16-11-17-10-15(2)21(23(6,7)8)13-19(17)18(16)12-20(14)22(3,4)5;1-3-7-12(8-4-1)11-13-9-5-2-6-10-13;1-2-4-5-3-1;/h9-13H,1-8H3;1-10H;1-5H;/q-1;;-1;+2. The predicted octanol–water partition coefficient (Wildman–Crippen LogP) is 11.1. The maximum Gasteiger partial charge on any atom is -0.172 e. The van der Waals surface area contributed by atoms with Crippen molar-refractivity contribution in [2.45, 2.75) is 66.2 Å². The first-order valence-corrected chi connectivity index (χ1v) is 16.7. The molecule has 0 aromatic heterocycles. The summed E-state index contributed by atoms with van der Waals surface area (Å²) in [6.07, 6.45) is 0. The molecule has 0 aliphatic carbocycles. The molecule has 0 spiro atoms. The van der Waals surface area contributed by atoms with Crippen molar-refractivity contribution in [3.8, 4) is 0 Å². The van der Waals surface area contributed by atoms with E-state index < -0.39 is 0 Å². The molecule has 0 atom stereocenters. The van der Waals surface area contributed by atoms with Crippen LogP contribution in [0, 0.1) is 13.8 Å². The maximum absolute atomic E-state index is 2.43. The van der Waals surface area contributed by atoms with Crippen molar-refractivity contribution >= 4 is 24.8 Å². The summed E-state index contributed by atoms with van der Waals surface area (Å²) in [4.78, 5) is 0. The predicted molar refractivity (Wildman–Crippen MR) is 182 cm³/mol. The molecule has 0 fully saturated rings. The van der Waals surface area contributed by atoms with Gasteiger partial charge in [-0.3, -0.25) is 0 Å². The molecule has 6 aromatic rings. The van der Waals surface area contributed by atoms with Crippen molar-refractivity contribution in [3.63, 3.8) is 0 Å². The average molecular weight is 715 g/mol.